The van der Waals surface area contributed by atoms with E-state index in [0.717, 1.165) is 47.7 Å². The SMILES string of the molecule is COc1cccc(OCCCCn2c(COc3ccccc3OC)nc3ccccc32)c1. The highest BCUT2D eigenvalue weighted by Gasteiger charge is 2.12. The summed E-state index contributed by atoms with van der Waals surface area (Å²) in [7, 11) is 3.30. The van der Waals surface area contributed by atoms with Crippen molar-refractivity contribution < 1.29 is 18.9 Å². The summed E-state index contributed by atoms with van der Waals surface area (Å²) in [5, 5.41) is 0. The van der Waals surface area contributed by atoms with Crippen LogP contribution in [-0.2, 0) is 13.2 Å². The van der Waals surface area contributed by atoms with Crippen LogP contribution in [0.1, 0.15) is 18.7 Å². The average molecular weight is 433 g/mol. The summed E-state index contributed by atoms with van der Waals surface area (Å²) in [6.45, 7) is 1.86. The van der Waals surface area contributed by atoms with Gasteiger partial charge in [0.05, 0.1) is 31.9 Å². The molecule has 0 bridgehead atoms. The summed E-state index contributed by atoms with van der Waals surface area (Å²) < 4.78 is 24.8. The normalized spacial score (nSPS) is 10.8. The van der Waals surface area contributed by atoms with Crippen molar-refractivity contribution in [1.29, 1.82) is 0 Å². The van der Waals surface area contributed by atoms with Crippen molar-refractivity contribution in [2.75, 3.05) is 20.8 Å². The molecule has 0 saturated carbocycles. The summed E-state index contributed by atoms with van der Waals surface area (Å²) in [4.78, 5) is 4.80. The van der Waals surface area contributed by atoms with Crippen LogP contribution in [-0.4, -0.2) is 30.4 Å². The molecule has 1 aromatic heterocycles. The Labute approximate surface area is 188 Å². The number of ether oxygens (including phenoxy) is 4. The molecule has 3 aromatic carbocycles. The number of nitrogens with zero attached hydrogens (tertiary/aromatic N) is 2. The van der Waals surface area contributed by atoms with Gasteiger partial charge in [-0.15, -0.1) is 0 Å². The fourth-order valence-electron chi connectivity index (χ4n) is 3.62. The third-order valence-electron chi connectivity index (χ3n) is 5.25. The molecule has 0 fully saturated rings. The molecular weight excluding hydrogens is 404 g/mol. The van der Waals surface area contributed by atoms with E-state index in [2.05, 4.69) is 10.6 Å². The molecule has 0 radical (unpaired) electrons. The Morgan fingerprint density at radius 1 is 0.750 bits per heavy atom. The Hall–Kier alpha value is -3.67. The van der Waals surface area contributed by atoms with Gasteiger partial charge in [-0.1, -0.05) is 30.3 Å². The minimum Gasteiger partial charge on any atom is -0.497 e. The highest BCUT2D eigenvalue weighted by atomic mass is 16.5. The molecule has 0 N–H and O–H groups in total. The van der Waals surface area contributed by atoms with Gasteiger partial charge in [-0.3, -0.25) is 0 Å². The Kier molecular flexibility index (Phi) is 7.12. The number of aromatic nitrogens is 2. The fourth-order valence-corrected chi connectivity index (χ4v) is 3.62. The third-order valence-corrected chi connectivity index (χ3v) is 5.25. The first kappa shape index (κ1) is 21.6. The number of unbranched alkanes of at least 4 members (excludes halogenated alkanes) is 1. The zero-order valence-corrected chi connectivity index (χ0v) is 18.5. The Bertz CT molecular complexity index is 1160. The molecule has 6 nitrogen and oxygen atoms in total. The molecule has 0 unspecified atom stereocenters. The minimum atomic E-state index is 0.370. The Balaban J connectivity index is 1.39. The van der Waals surface area contributed by atoms with Crippen LogP contribution < -0.4 is 18.9 Å². The van der Waals surface area contributed by atoms with E-state index in [1.165, 1.54) is 0 Å². The summed E-state index contributed by atoms with van der Waals surface area (Å²) in [5.74, 6) is 3.94. The second kappa shape index (κ2) is 10.6. The lowest BCUT2D eigenvalue weighted by atomic mass is 10.3. The zero-order chi connectivity index (χ0) is 22.2. The van der Waals surface area contributed by atoms with Crippen LogP contribution in [0, 0.1) is 0 Å². The number of aryl methyl sites for hydroxylation is 1. The maximum absolute atomic E-state index is 6.05. The third kappa shape index (κ3) is 5.14. The first-order valence-corrected chi connectivity index (χ1v) is 10.8. The van der Waals surface area contributed by atoms with E-state index >= 15 is 0 Å². The minimum absolute atomic E-state index is 0.370. The van der Waals surface area contributed by atoms with Gasteiger partial charge in [-0.25, -0.2) is 4.98 Å². The molecule has 166 valence electrons. The zero-order valence-electron chi connectivity index (χ0n) is 18.5. The van der Waals surface area contributed by atoms with Gasteiger partial charge in [0.1, 0.15) is 23.9 Å². The topological polar surface area (TPSA) is 54.7 Å². The molecule has 0 atom stereocenters. The largest absolute Gasteiger partial charge is 0.497 e. The second-order valence-corrected chi connectivity index (χ2v) is 7.34. The first-order valence-electron chi connectivity index (χ1n) is 10.8. The van der Waals surface area contributed by atoms with Crippen LogP contribution >= 0.6 is 0 Å². The summed E-state index contributed by atoms with van der Waals surface area (Å²) in [6.07, 6.45) is 1.89. The predicted molar refractivity (Wildman–Crippen MR) is 125 cm³/mol. The van der Waals surface area contributed by atoms with E-state index in [1.54, 1.807) is 14.2 Å². The van der Waals surface area contributed by atoms with E-state index < -0.39 is 0 Å². The van der Waals surface area contributed by atoms with Crippen molar-refractivity contribution in [1.82, 2.24) is 9.55 Å². The lowest BCUT2D eigenvalue weighted by molar-refractivity contribution is 0.269. The number of fused-ring (bicyclic) bond motifs is 1. The smallest absolute Gasteiger partial charge is 0.161 e. The van der Waals surface area contributed by atoms with Crippen LogP contribution in [0.5, 0.6) is 23.0 Å². The molecule has 1 heterocycles. The van der Waals surface area contributed by atoms with Crippen LogP contribution in [0.3, 0.4) is 0 Å². The van der Waals surface area contributed by atoms with E-state index in [4.69, 9.17) is 23.9 Å². The molecule has 0 aliphatic heterocycles. The van der Waals surface area contributed by atoms with Crippen LogP contribution in [0.15, 0.2) is 72.8 Å². The van der Waals surface area contributed by atoms with Crippen molar-refractivity contribution in [3.8, 4) is 23.0 Å². The number of rotatable bonds is 11. The molecule has 0 amide bonds. The number of methoxy groups -OCH3 is 2. The van der Waals surface area contributed by atoms with Crippen LogP contribution in [0.2, 0.25) is 0 Å². The standard InChI is InChI=1S/C26H28N2O4/c1-29-20-10-9-11-21(18-20)31-17-8-7-16-28-23-13-4-3-12-22(23)27-26(28)19-32-25-15-6-5-14-24(25)30-2/h3-6,9-15,18H,7-8,16-17,19H2,1-2H3. The van der Waals surface area contributed by atoms with Gasteiger partial charge >= 0.3 is 0 Å². The van der Waals surface area contributed by atoms with E-state index in [1.807, 2.05) is 66.7 Å². The lowest BCUT2D eigenvalue weighted by Gasteiger charge is -2.13. The van der Waals surface area contributed by atoms with Gasteiger partial charge in [-0.05, 0) is 49.2 Å². The van der Waals surface area contributed by atoms with Gasteiger partial charge in [0.2, 0.25) is 0 Å². The maximum atomic E-state index is 6.05. The molecular formula is C26H28N2O4. The lowest BCUT2D eigenvalue weighted by Crippen LogP contribution is -2.09. The average Bonchev–Trinajstić information content (AvgIpc) is 3.20. The highest BCUT2D eigenvalue weighted by Crippen LogP contribution is 2.27. The van der Waals surface area contributed by atoms with Crippen molar-refractivity contribution in [2.45, 2.75) is 26.0 Å². The molecule has 0 aliphatic rings. The van der Waals surface area contributed by atoms with E-state index in [-0.39, 0.29) is 0 Å². The summed E-state index contributed by atoms with van der Waals surface area (Å²) in [6, 6.07) is 23.5. The van der Waals surface area contributed by atoms with Crippen molar-refractivity contribution >= 4 is 11.0 Å². The van der Waals surface area contributed by atoms with E-state index in [9.17, 15) is 0 Å². The molecule has 0 aliphatic carbocycles. The second-order valence-electron chi connectivity index (χ2n) is 7.34. The number of hydrogen-bond donors (Lipinski definition) is 0. The molecule has 4 aromatic rings. The quantitative estimate of drug-likeness (QED) is 0.293. The maximum Gasteiger partial charge on any atom is 0.161 e. The van der Waals surface area contributed by atoms with Gasteiger partial charge in [-0.2, -0.15) is 0 Å². The Morgan fingerprint density at radius 3 is 2.38 bits per heavy atom. The molecule has 0 spiro atoms. The fraction of sp³-hybridized carbons (Fsp3) is 0.269. The summed E-state index contributed by atoms with van der Waals surface area (Å²) >= 11 is 0. The van der Waals surface area contributed by atoms with E-state index in [0.29, 0.717) is 24.7 Å². The number of benzene rings is 3. The number of para-hydroxylation sites is 4. The summed E-state index contributed by atoms with van der Waals surface area (Å²) in [5.41, 5.74) is 2.08. The molecule has 6 heteroatoms. The van der Waals surface area contributed by atoms with Crippen LogP contribution in [0.4, 0.5) is 0 Å². The number of hydrogen-bond acceptors (Lipinski definition) is 5. The van der Waals surface area contributed by atoms with Gasteiger partial charge < -0.3 is 23.5 Å². The van der Waals surface area contributed by atoms with Gasteiger partial charge in [0, 0.05) is 12.6 Å². The highest BCUT2D eigenvalue weighted by molar-refractivity contribution is 5.75. The molecule has 4 rings (SSSR count). The van der Waals surface area contributed by atoms with Crippen molar-refractivity contribution in [2.24, 2.45) is 0 Å². The first-order chi connectivity index (χ1) is 15.8. The van der Waals surface area contributed by atoms with Crippen molar-refractivity contribution in [3.63, 3.8) is 0 Å². The number of imidazole rings is 1. The van der Waals surface area contributed by atoms with Crippen molar-refractivity contribution in [3.05, 3.63) is 78.6 Å². The molecule has 0 saturated heterocycles. The van der Waals surface area contributed by atoms with Gasteiger partial charge in [0.25, 0.3) is 0 Å². The Morgan fingerprint density at radius 2 is 1.53 bits per heavy atom. The van der Waals surface area contributed by atoms with Gasteiger partial charge in [0.15, 0.2) is 11.5 Å². The monoisotopic (exact) mass is 432 g/mol. The predicted octanol–water partition coefficient (Wildman–Crippen LogP) is 5.49. The van der Waals surface area contributed by atoms with Crippen LogP contribution in [0.25, 0.3) is 11.0 Å². The molecule has 32 heavy (non-hydrogen) atoms.